The maximum atomic E-state index is 11.9. The zero-order valence-corrected chi connectivity index (χ0v) is 10.6. The van der Waals surface area contributed by atoms with Crippen LogP contribution in [0.2, 0.25) is 0 Å². The molecule has 0 fully saturated rings. The lowest BCUT2D eigenvalue weighted by Gasteiger charge is -2.08. The van der Waals surface area contributed by atoms with E-state index in [1.54, 1.807) is 0 Å². The highest BCUT2D eigenvalue weighted by molar-refractivity contribution is 5.93. The largest absolute Gasteiger partial charge is 0.468 e. The lowest BCUT2D eigenvalue weighted by atomic mass is 10.2. The molecule has 0 saturated carbocycles. The summed E-state index contributed by atoms with van der Waals surface area (Å²) in [5.41, 5.74) is 5.43. The van der Waals surface area contributed by atoms with E-state index in [4.69, 9.17) is 5.73 Å². The van der Waals surface area contributed by atoms with Gasteiger partial charge in [0, 0.05) is 25.4 Å². The SMILES string of the molecule is Cl.NCCNC(=O)c1ccc(OCC(F)(F)F)nc1. The summed E-state index contributed by atoms with van der Waals surface area (Å²) in [6, 6.07) is 2.52. The van der Waals surface area contributed by atoms with Crippen LogP contribution in [0.4, 0.5) is 13.2 Å². The molecule has 0 spiro atoms. The predicted octanol–water partition coefficient (Wildman–Crippen LogP) is 1.13. The Hall–Kier alpha value is -1.54. The first-order valence-electron chi connectivity index (χ1n) is 5.06. The summed E-state index contributed by atoms with van der Waals surface area (Å²) >= 11 is 0. The van der Waals surface area contributed by atoms with E-state index in [0.717, 1.165) is 6.20 Å². The van der Waals surface area contributed by atoms with Crippen LogP contribution in [-0.4, -0.2) is 36.8 Å². The first-order chi connectivity index (χ1) is 8.42. The molecule has 0 radical (unpaired) electrons. The number of pyridine rings is 1. The van der Waals surface area contributed by atoms with E-state index >= 15 is 0 Å². The van der Waals surface area contributed by atoms with Crippen molar-refractivity contribution in [2.75, 3.05) is 19.7 Å². The number of aromatic nitrogens is 1. The molecule has 1 amide bonds. The van der Waals surface area contributed by atoms with Gasteiger partial charge in [0.15, 0.2) is 6.61 Å². The van der Waals surface area contributed by atoms with E-state index in [2.05, 4.69) is 15.0 Å². The number of rotatable bonds is 5. The molecular weight excluding hydrogens is 287 g/mol. The van der Waals surface area contributed by atoms with Crippen molar-refractivity contribution in [3.8, 4) is 5.88 Å². The van der Waals surface area contributed by atoms with Crippen LogP contribution in [0, 0.1) is 0 Å². The van der Waals surface area contributed by atoms with Gasteiger partial charge in [-0.05, 0) is 6.07 Å². The monoisotopic (exact) mass is 299 g/mol. The van der Waals surface area contributed by atoms with Crippen LogP contribution in [0.1, 0.15) is 10.4 Å². The van der Waals surface area contributed by atoms with Crippen molar-refractivity contribution in [3.05, 3.63) is 23.9 Å². The molecule has 0 aliphatic rings. The summed E-state index contributed by atoms with van der Waals surface area (Å²) in [6.07, 6.45) is -3.28. The second-order valence-corrected chi connectivity index (χ2v) is 3.33. The normalized spacial score (nSPS) is 10.5. The number of carbonyl (C=O) groups is 1. The molecule has 0 aliphatic heterocycles. The quantitative estimate of drug-likeness (QED) is 0.854. The zero-order valence-electron chi connectivity index (χ0n) is 9.74. The predicted molar refractivity (Wildman–Crippen MR) is 64.4 cm³/mol. The Bertz CT molecular complexity index is 398. The highest BCUT2D eigenvalue weighted by Gasteiger charge is 2.28. The van der Waals surface area contributed by atoms with E-state index < -0.39 is 18.7 Å². The third-order valence-corrected chi connectivity index (χ3v) is 1.81. The van der Waals surface area contributed by atoms with Gasteiger partial charge < -0.3 is 15.8 Å². The summed E-state index contributed by atoms with van der Waals surface area (Å²) in [6.45, 7) is -0.810. The van der Waals surface area contributed by atoms with Gasteiger partial charge in [0.2, 0.25) is 5.88 Å². The Kier molecular flexibility index (Phi) is 7.17. The Morgan fingerprint density at radius 2 is 2.11 bits per heavy atom. The minimum Gasteiger partial charge on any atom is -0.468 e. The van der Waals surface area contributed by atoms with Crippen LogP contribution in [0.5, 0.6) is 5.88 Å². The number of amides is 1. The molecule has 3 N–H and O–H groups in total. The van der Waals surface area contributed by atoms with Crippen LogP contribution in [-0.2, 0) is 0 Å². The van der Waals surface area contributed by atoms with Crippen molar-refractivity contribution in [1.29, 1.82) is 0 Å². The molecule has 0 saturated heterocycles. The molecule has 0 atom stereocenters. The van der Waals surface area contributed by atoms with Crippen LogP contribution in [0.3, 0.4) is 0 Å². The second kappa shape index (κ2) is 7.80. The van der Waals surface area contributed by atoms with Gasteiger partial charge in [0.1, 0.15) is 0 Å². The zero-order chi connectivity index (χ0) is 13.6. The Morgan fingerprint density at radius 3 is 2.58 bits per heavy atom. The van der Waals surface area contributed by atoms with Gasteiger partial charge in [-0.3, -0.25) is 4.79 Å². The molecule has 1 aromatic rings. The number of nitrogens with two attached hydrogens (primary N) is 1. The molecule has 108 valence electrons. The number of carbonyl (C=O) groups excluding carboxylic acids is 1. The highest BCUT2D eigenvalue weighted by atomic mass is 35.5. The summed E-state index contributed by atoms with van der Waals surface area (Å²) in [4.78, 5) is 15.0. The van der Waals surface area contributed by atoms with Gasteiger partial charge in [-0.1, -0.05) is 0 Å². The Morgan fingerprint density at radius 1 is 1.42 bits per heavy atom. The fourth-order valence-electron chi connectivity index (χ4n) is 1.04. The van der Waals surface area contributed by atoms with E-state index in [-0.39, 0.29) is 23.9 Å². The van der Waals surface area contributed by atoms with Gasteiger partial charge in [-0.15, -0.1) is 12.4 Å². The molecule has 0 unspecified atom stereocenters. The molecule has 5 nitrogen and oxygen atoms in total. The number of nitrogens with zero attached hydrogens (tertiary/aromatic N) is 1. The number of ether oxygens (including phenoxy) is 1. The molecule has 1 heterocycles. The average molecular weight is 300 g/mol. The second-order valence-electron chi connectivity index (χ2n) is 3.33. The van der Waals surface area contributed by atoms with Crippen molar-refractivity contribution in [1.82, 2.24) is 10.3 Å². The molecule has 0 aromatic carbocycles. The van der Waals surface area contributed by atoms with E-state index in [9.17, 15) is 18.0 Å². The van der Waals surface area contributed by atoms with Crippen molar-refractivity contribution in [2.45, 2.75) is 6.18 Å². The van der Waals surface area contributed by atoms with Crippen LogP contribution in [0.25, 0.3) is 0 Å². The maximum Gasteiger partial charge on any atom is 0.422 e. The first kappa shape index (κ1) is 17.5. The summed E-state index contributed by atoms with van der Waals surface area (Å²) in [7, 11) is 0. The number of halogens is 4. The molecule has 1 aromatic heterocycles. The molecule has 19 heavy (non-hydrogen) atoms. The molecule has 0 aliphatic carbocycles. The number of hydrogen-bond donors (Lipinski definition) is 2. The molecular formula is C10H13ClF3N3O2. The van der Waals surface area contributed by atoms with Crippen LogP contribution in [0.15, 0.2) is 18.3 Å². The molecule has 9 heteroatoms. The van der Waals surface area contributed by atoms with Crippen LogP contribution < -0.4 is 15.8 Å². The Balaban J connectivity index is 0.00000324. The molecule has 1 rings (SSSR count). The van der Waals surface area contributed by atoms with Crippen molar-refractivity contribution in [3.63, 3.8) is 0 Å². The first-order valence-corrected chi connectivity index (χ1v) is 5.06. The number of hydrogen-bond acceptors (Lipinski definition) is 4. The van der Waals surface area contributed by atoms with Gasteiger partial charge >= 0.3 is 6.18 Å². The van der Waals surface area contributed by atoms with E-state index in [0.29, 0.717) is 13.1 Å². The standard InChI is InChI=1S/C10H12F3N3O2.ClH/c11-10(12,13)6-18-8-2-1-7(5-16-8)9(17)15-4-3-14;/h1-2,5H,3-4,6,14H2,(H,15,17);1H. The smallest absolute Gasteiger partial charge is 0.422 e. The van der Waals surface area contributed by atoms with Gasteiger partial charge in [-0.25, -0.2) is 4.98 Å². The third kappa shape index (κ3) is 6.82. The summed E-state index contributed by atoms with van der Waals surface area (Å²) < 4.78 is 40.0. The van der Waals surface area contributed by atoms with Crippen molar-refractivity contribution >= 4 is 18.3 Å². The number of nitrogens with one attached hydrogen (secondary N) is 1. The average Bonchev–Trinajstić information content (AvgIpc) is 2.33. The van der Waals surface area contributed by atoms with E-state index in [1.807, 2.05) is 0 Å². The van der Waals surface area contributed by atoms with Crippen molar-refractivity contribution < 1.29 is 22.7 Å². The van der Waals surface area contributed by atoms with E-state index in [1.165, 1.54) is 12.1 Å². The lowest BCUT2D eigenvalue weighted by molar-refractivity contribution is -0.154. The van der Waals surface area contributed by atoms with Gasteiger partial charge in [0.05, 0.1) is 5.56 Å². The van der Waals surface area contributed by atoms with Gasteiger partial charge in [0.25, 0.3) is 5.91 Å². The fourth-order valence-corrected chi connectivity index (χ4v) is 1.04. The summed E-state index contributed by atoms with van der Waals surface area (Å²) in [5.74, 6) is -0.585. The minimum atomic E-state index is -4.42. The Labute approximate surface area is 113 Å². The topological polar surface area (TPSA) is 77.2 Å². The van der Waals surface area contributed by atoms with Crippen LogP contribution >= 0.6 is 12.4 Å². The maximum absolute atomic E-state index is 11.9. The van der Waals surface area contributed by atoms with Crippen molar-refractivity contribution in [2.24, 2.45) is 5.73 Å². The third-order valence-electron chi connectivity index (χ3n) is 1.81. The summed E-state index contributed by atoms with van der Waals surface area (Å²) in [5, 5.41) is 2.50. The highest BCUT2D eigenvalue weighted by Crippen LogP contribution is 2.16. The lowest BCUT2D eigenvalue weighted by Crippen LogP contribution is -2.29. The fraction of sp³-hybridized carbons (Fsp3) is 0.400. The minimum absolute atomic E-state index is 0. The number of alkyl halides is 3. The molecule has 0 bridgehead atoms. The van der Waals surface area contributed by atoms with Gasteiger partial charge in [-0.2, -0.15) is 13.2 Å².